The maximum absolute atomic E-state index is 13.4. The molecule has 2 heterocycles. The summed E-state index contributed by atoms with van der Waals surface area (Å²) in [6.45, 7) is -0.304. The molecular weight excluding hydrogens is 473 g/mol. The van der Waals surface area contributed by atoms with E-state index in [0.717, 1.165) is 22.3 Å². The molecule has 0 unspecified atom stereocenters. The van der Waals surface area contributed by atoms with Gasteiger partial charge in [-0.3, -0.25) is 9.69 Å². The first-order chi connectivity index (χ1) is 15.2. The number of benzene rings is 2. The number of nitrogens with zero attached hydrogens (tertiary/aromatic N) is 3. The largest absolute Gasteiger partial charge is 0.748 e. The molecule has 0 atom stereocenters. The Morgan fingerprint density at radius 3 is 2.47 bits per heavy atom. The first kappa shape index (κ1) is 22.3. The van der Waals surface area contributed by atoms with Crippen molar-refractivity contribution >= 4 is 50.4 Å². The molecule has 3 aromatic rings. The number of hydrogen-bond acceptors (Lipinski definition) is 7. The van der Waals surface area contributed by atoms with Gasteiger partial charge in [-0.25, -0.2) is 17.5 Å². The number of rotatable bonds is 6. The summed E-state index contributed by atoms with van der Waals surface area (Å²) in [6, 6.07) is 15.2. The lowest BCUT2D eigenvalue weighted by atomic mass is 10.1. The van der Waals surface area contributed by atoms with Crippen molar-refractivity contribution in [3.05, 3.63) is 77.1 Å². The second-order valence-electron chi connectivity index (χ2n) is 6.82. The normalized spacial score (nSPS) is 15.7. The lowest BCUT2D eigenvalue weighted by Crippen LogP contribution is -2.32. The van der Waals surface area contributed by atoms with Gasteiger partial charge >= 0.3 is 0 Å². The molecule has 0 bridgehead atoms. The fourth-order valence-electron chi connectivity index (χ4n) is 3.08. The molecule has 2 aromatic carbocycles. The number of thioether (sulfide) groups is 1. The van der Waals surface area contributed by atoms with Crippen LogP contribution in [-0.2, 0) is 14.9 Å². The van der Waals surface area contributed by atoms with E-state index >= 15 is 0 Å². The van der Waals surface area contributed by atoms with Gasteiger partial charge in [0.15, 0.2) is 0 Å². The molecule has 1 aliphatic heterocycles. The molecule has 0 aliphatic carbocycles. The second-order valence-corrected chi connectivity index (χ2v) is 10.0. The fraction of sp³-hybridized carbons (Fsp3) is 0.0952. The van der Waals surface area contributed by atoms with Gasteiger partial charge in [0.1, 0.15) is 10.1 Å². The van der Waals surface area contributed by atoms with Crippen LogP contribution < -0.4 is 0 Å². The fourth-order valence-corrected chi connectivity index (χ4v) is 4.78. The van der Waals surface area contributed by atoms with Gasteiger partial charge in [0.2, 0.25) is 0 Å². The zero-order valence-electron chi connectivity index (χ0n) is 16.3. The Morgan fingerprint density at radius 2 is 1.81 bits per heavy atom. The van der Waals surface area contributed by atoms with Gasteiger partial charge in [-0.2, -0.15) is 5.10 Å². The minimum atomic E-state index is -4.48. The lowest BCUT2D eigenvalue weighted by Gasteiger charge is -2.15. The summed E-state index contributed by atoms with van der Waals surface area (Å²) in [6.07, 6.45) is 3.35. The van der Waals surface area contributed by atoms with E-state index < -0.39 is 21.8 Å². The monoisotopic (exact) mass is 488 g/mol. The lowest BCUT2D eigenvalue weighted by molar-refractivity contribution is -0.121. The summed E-state index contributed by atoms with van der Waals surface area (Å²) in [4.78, 5) is 14.2. The Balaban J connectivity index is 1.73. The zero-order valence-corrected chi connectivity index (χ0v) is 18.8. The van der Waals surface area contributed by atoms with Crippen LogP contribution in [-0.4, -0.2) is 50.2 Å². The van der Waals surface area contributed by atoms with Crippen LogP contribution >= 0.6 is 24.0 Å². The zero-order chi connectivity index (χ0) is 22.9. The highest BCUT2D eigenvalue weighted by Crippen LogP contribution is 2.34. The van der Waals surface area contributed by atoms with Crippen molar-refractivity contribution in [3.8, 4) is 16.9 Å². The van der Waals surface area contributed by atoms with Gasteiger partial charge in [0, 0.05) is 23.9 Å². The van der Waals surface area contributed by atoms with Gasteiger partial charge in [-0.1, -0.05) is 42.2 Å². The highest BCUT2D eigenvalue weighted by atomic mass is 32.2. The smallest absolute Gasteiger partial charge is 0.266 e. The van der Waals surface area contributed by atoms with Crippen molar-refractivity contribution < 1.29 is 22.2 Å². The molecule has 1 saturated heterocycles. The van der Waals surface area contributed by atoms with E-state index in [4.69, 9.17) is 12.2 Å². The van der Waals surface area contributed by atoms with Crippen molar-refractivity contribution in [3.63, 3.8) is 0 Å². The van der Waals surface area contributed by atoms with Gasteiger partial charge in [-0.15, -0.1) is 0 Å². The molecule has 32 heavy (non-hydrogen) atoms. The van der Waals surface area contributed by atoms with Crippen LogP contribution in [0.2, 0.25) is 0 Å². The highest BCUT2D eigenvalue weighted by Gasteiger charge is 2.32. The molecule has 1 fully saturated rings. The van der Waals surface area contributed by atoms with Crippen molar-refractivity contribution in [2.24, 2.45) is 0 Å². The minimum Gasteiger partial charge on any atom is -0.748 e. The molecule has 1 aromatic heterocycles. The maximum Gasteiger partial charge on any atom is 0.266 e. The molecule has 11 heteroatoms. The molecule has 4 rings (SSSR count). The first-order valence-corrected chi connectivity index (χ1v) is 12.1. The molecule has 164 valence electrons. The SMILES string of the molecule is O=C1/C(=C\c2cn(-c3ccccc3)nc2-c2ccc(F)cc2)SC(=S)N1CCS(=O)(=O)[O-]. The summed E-state index contributed by atoms with van der Waals surface area (Å²) in [5, 5.41) is 4.62. The van der Waals surface area contributed by atoms with E-state index in [1.165, 1.54) is 12.1 Å². The van der Waals surface area contributed by atoms with Crippen LogP contribution in [0.3, 0.4) is 0 Å². The van der Waals surface area contributed by atoms with E-state index in [2.05, 4.69) is 5.10 Å². The van der Waals surface area contributed by atoms with Crippen LogP contribution in [0.15, 0.2) is 65.7 Å². The Hall–Kier alpha value is -2.86. The molecule has 0 saturated carbocycles. The number of para-hydroxylation sites is 1. The Labute approximate surface area is 193 Å². The van der Waals surface area contributed by atoms with Gasteiger partial charge in [-0.05, 0) is 42.5 Å². The summed E-state index contributed by atoms with van der Waals surface area (Å²) >= 11 is 6.20. The van der Waals surface area contributed by atoms with Crippen LogP contribution in [0.4, 0.5) is 4.39 Å². The highest BCUT2D eigenvalue weighted by molar-refractivity contribution is 8.26. The van der Waals surface area contributed by atoms with E-state index in [0.29, 0.717) is 16.8 Å². The summed E-state index contributed by atoms with van der Waals surface area (Å²) in [5.74, 6) is -1.59. The summed E-state index contributed by atoms with van der Waals surface area (Å²) < 4.78 is 48.1. The molecule has 1 amide bonds. The molecule has 7 nitrogen and oxygen atoms in total. The average molecular weight is 489 g/mol. The Bertz CT molecular complexity index is 1320. The summed E-state index contributed by atoms with van der Waals surface area (Å²) in [7, 11) is -4.48. The van der Waals surface area contributed by atoms with E-state index in [-0.39, 0.29) is 21.6 Å². The van der Waals surface area contributed by atoms with Gasteiger partial charge < -0.3 is 4.55 Å². The predicted octanol–water partition coefficient (Wildman–Crippen LogP) is 3.42. The third-order valence-electron chi connectivity index (χ3n) is 4.61. The Kier molecular flexibility index (Phi) is 6.24. The topological polar surface area (TPSA) is 95.3 Å². The maximum atomic E-state index is 13.4. The Morgan fingerprint density at radius 1 is 1.12 bits per heavy atom. The van der Waals surface area contributed by atoms with Crippen LogP contribution in [0.5, 0.6) is 0 Å². The van der Waals surface area contributed by atoms with Crippen molar-refractivity contribution in [2.45, 2.75) is 0 Å². The third kappa shape index (κ3) is 4.96. The third-order valence-corrected chi connectivity index (χ3v) is 6.67. The van der Waals surface area contributed by atoms with Crippen molar-refractivity contribution in [1.29, 1.82) is 0 Å². The van der Waals surface area contributed by atoms with Crippen LogP contribution in [0.1, 0.15) is 5.56 Å². The standard InChI is InChI=1S/C21H16FN3O4S3/c22-16-8-6-14(7-9-16)19-15(13-25(23-19)17-4-2-1-3-5-17)12-18-20(26)24(21(30)31-18)10-11-32(27,28)29/h1-9,12-13H,10-11H2,(H,27,28,29)/p-1/b18-12+. The number of hydrogen-bond donors (Lipinski definition) is 0. The molecule has 0 N–H and O–H groups in total. The van der Waals surface area contributed by atoms with E-state index in [9.17, 15) is 22.2 Å². The summed E-state index contributed by atoms with van der Waals surface area (Å²) in [5.41, 5.74) is 2.57. The van der Waals surface area contributed by atoms with E-state index in [1.54, 1.807) is 29.1 Å². The number of carbonyl (C=O) groups is 1. The number of aromatic nitrogens is 2. The number of halogens is 1. The van der Waals surface area contributed by atoms with Gasteiger partial charge in [0.25, 0.3) is 5.91 Å². The van der Waals surface area contributed by atoms with E-state index in [1.807, 2.05) is 30.3 Å². The minimum absolute atomic E-state index is 0.170. The predicted molar refractivity (Wildman–Crippen MR) is 123 cm³/mol. The van der Waals surface area contributed by atoms with Crippen LogP contribution in [0.25, 0.3) is 23.0 Å². The quantitative estimate of drug-likeness (QED) is 0.298. The van der Waals surface area contributed by atoms with Crippen molar-refractivity contribution in [1.82, 2.24) is 14.7 Å². The van der Waals surface area contributed by atoms with Crippen LogP contribution in [0, 0.1) is 5.82 Å². The average Bonchev–Trinajstić information content (AvgIpc) is 3.28. The molecular formula is C21H15FN3O4S3-. The molecule has 0 spiro atoms. The number of carbonyl (C=O) groups excluding carboxylic acids is 1. The van der Waals surface area contributed by atoms with Gasteiger partial charge in [0.05, 0.1) is 32.2 Å². The van der Waals surface area contributed by atoms with Crippen molar-refractivity contribution in [2.75, 3.05) is 12.3 Å². The molecule has 0 radical (unpaired) electrons. The number of amides is 1. The second kappa shape index (κ2) is 8.94. The first-order valence-electron chi connectivity index (χ1n) is 9.31. The number of thiocarbonyl (C=S) groups is 1. The molecule has 1 aliphatic rings.